The lowest BCUT2D eigenvalue weighted by molar-refractivity contribution is -0.137. The summed E-state index contributed by atoms with van der Waals surface area (Å²) in [5, 5.41) is 12.7. The Morgan fingerprint density at radius 3 is 2.61 bits per heavy atom. The molecule has 126 valence electrons. The van der Waals surface area contributed by atoms with E-state index in [1.54, 1.807) is 0 Å². The highest BCUT2D eigenvalue weighted by Crippen LogP contribution is 2.43. The van der Waals surface area contributed by atoms with Gasteiger partial charge in [-0.1, -0.05) is 12.8 Å². The van der Waals surface area contributed by atoms with Crippen molar-refractivity contribution in [3.8, 4) is 0 Å². The van der Waals surface area contributed by atoms with Gasteiger partial charge < -0.3 is 15.3 Å². The van der Waals surface area contributed by atoms with E-state index in [2.05, 4.69) is 36.2 Å². The lowest BCUT2D eigenvalue weighted by atomic mass is 9.91. The molecule has 0 radical (unpaired) electrons. The smallest absolute Gasteiger partial charge is 0.303 e. The minimum absolute atomic E-state index is 0.224. The van der Waals surface area contributed by atoms with E-state index in [1.807, 2.05) is 0 Å². The summed E-state index contributed by atoms with van der Waals surface area (Å²) in [6.45, 7) is 6.34. The van der Waals surface area contributed by atoms with Crippen LogP contribution in [0.15, 0.2) is 12.1 Å². The zero-order chi connectivity index (χ0) is 16.4. The van der Waals surface area contributed by atoms with Gasteiger partial charge >= 0.3 is 5.97 Å². The van der Waals surface area contributed by atoms with Crippen molar-refractivity contribution < 1.29 is 9.90 Å². The van der Waals surface area contributed by atoms with E-state index >= 15 is 0 Å². The largest absolute Gasteiger partial charge is 0.481 e. The van der Waals surface area contributed by atoms with Crippen LogP contribution in [0.4, 0.5) is 11.4 Å². The summed E-state index contributed by atoms with van der Waals surface area (Å²) in [4.78, 5) is 13.2. The van der Waals surface area contributed by atoms with Crippen LogP contribution in [-0.4, -0.2) is 29.7 Å². The van der Waals surface area contributed by atoms with E-state index in [-0.39, 0.29) is 12.0 Å². The van der Waals surface area contributed by atoms with E-state index in [1.165, 1.54) is 48.2 Å². The second-order valence-electron chi connectivity index (χ2n) is 7.34. The number of hydrogen-bond donors (Lipinski definition) is 2. The summed E-state index contributed by atoms with van der Waals surface area (Å²) in [7, 11) is 0. The Morgan fingerprint density at radius 1 is 1.22 bits per heavy atom. The van der Waals surface area contributed by atoms with Crippen LogP contribution in [0.2, 0.25) is 0 Å². The topological polar surface area (TPSA) is 52.6 Å². The number of carboxylic acids is 1. The molecule has 4 heteroatoms. The van der Waals surface area contributed by atoms with Crippen molar-refractivity contribution in [2.24, 2.45) is 0 Å². The number of anilines is 2. The molecule has 2 aliphatic rings. The third kappa shape index (κ3) is 3.46. The van der Waals surface area contributed by atoms with Crippen molar-refractivity contribution in [2.45, 2.75) is 64.3 Å². The number of nitrogens with zero attached hydrogens (tertiary/aromatic N) is 1. The zero-order valence-corrected chi connectivity index (χ0v) is 14.3. The van der Waals surface area contributed by atoms with Crippen LogP contribution >= 0.6 is 0 Å². The number of fused-ring (bicyclic) bond motifs is 1. The molecule has 1 aromatic rings. The minimum Gasteiger partial charge on any atom is -0.481 e. The SMILES string of the molecule is Cc1cc2c(cc1C)N(CCCCC(=O)O)CC1(CCCC1)N2. The van der Waals surface area contributed by atoms with Gasteiger partial charge in [-0.3, -0.25) is 4.79 Å². The fraction of sp³-hybridized carbons (Fsp3) is 0.632. The Hall–Kier alpha value is -1.71. The van der Waals surface area contributed by atoms with Crippen LogP contribution in [0.1, 0.15) is 56.1 Å². The quantitative estimate of drug-likeness (QED) is 0.803. The zero-order valence-electron chi connectivity index (χ0n) is 14.3. The normalized spacial score (nSPS) is 18.8. The third-order valence-electron chi connectivity index (χ3n) is 5.48. The summed E-state index contributed by atoms with van der Waals surface area (Å²) in [5.74, 6) is -0.690. The van der Waals surface area contributed by atoms with Gasteiger partial charge in [0.15, 0.2) is 0 Å². The molecule has 0 unspecified atom stereocenters. The monoisotopic (exact) mass is 316 g/mol. The van der Waals surface area contributed by atoms with E-state index in [0.717, 1.165) is 25.9 Å². The Labute approximate surface area is 138 Å². The Morgan fingerprint density at radius 2 is 1.91 bits per heavy atom. The average Bonchev–Trinajstić information content (AvgIpc) is 2.93. The number of rotatable bonds is 5. The highest BCUT2D eigenvalue weighted by Gasteiger charge is 2.39. The molecule has 2 N–H and O–H groups in total. The molecule has 1 heterocycles. The molecule has 1 saturated carbocycles. The fourth-order valence-electron chi connectivity index (χ4n) is 4.05. The van der Waals surface area contributed by atoms with Gasteiger partial charge in [0, 0.05) is 19.5 Å². The molecule has 0 bridgehead atoms. The molecule has 3 rings (SSSR count). The van der Waals surface area contributed by atoms with Gasteiger partial charge in [0.1, 0.15) is 0 Å². The van der Waals surface area contributed by atoms with Crippen molar-refractivity contribution in [2.75, 3.05) is 23.3 Å². The summed E-state index contributed by atoms with van der Waals surface area (Å²) in [5.41, 5.74) is 5.43. The molecule has 1 fully saturated rings. The highest BCUT2D eigenvalue weighted by atomic mass is 16.4. The van der Waals surface area contributed by atoms with Crippen molar-refractivity contribution >= 4 is 17.3 Å². The van der Waals surface area contributed by atoms with Crippen LogP contribution in [0.3, 0.4) is 0 Å². The van der Waals surface area contributed by atoms with Crippen molar-refractivity contribution in [3.05, 3.63) is 23.3 Å². The molecule has 1 aromatic carbocycles. The number of carboxylic acid groups (broad SMARTS) is 1. The summed E-state index contributed by atoms with van der Waals surface area (Å²) in [6.07, 6.45) is 7.06. The van der Waals surface area contributed by atoms with E-state index in [4.69, 9.17) is 5.11 Å². The lowest BCUT2D eigenvalue weighted by Gasteiger charge is -2.44. The van der Waals surface area contributed by atoms with Crippen molar-refractivity contribution in [3.63, 3.8) is 0 Å². The van der Waals surface area contributed by atoms with Gasteiger partial charge in [0.25, 0.3) is 0 Å². The third-order valence-corrected chi connectivity index (χ3v) is 5.48. The second kappa shape index (κ2) is 6.42. The van der Waals surface area contributed by atoms with Gasteiger partial charge in [-0.15, -0.1) is 0 Å². The van der Waals surface area contributed by atoms with Crippen LogP contribution < -0.4 is 10.2 Å². The van der Waals surface area contributed by atoms with E-state index in [0.29, 0.717) is 0 Å². The molecule has 0 aromatic heterocycles. The molecule has 0 amide bonds. The highest BCUT2D eigenvalue weighted by molar-refractivity contribution is 5.76. The van der Waals surface area contributed by atoms with Gasteiger partial charge in [0.2, 0.25) is 0 Å². The second-order valence-corrected chi connectivity index (χ2v) is 7.34. The number of aryl methyl sites for hydroxylation is 2. The van der Waals surface area contributed by atoms with Crippen LogP contribution in [-0.2, 0) is 4.79 Å². The number of unbranched alkanes of at least 4 members (excludes halogenated alkanes) is 1. The average molecular weight is 316 g/mol. The first kappa shape index (κ1) is 16.2. The predicted molar refractivity (Wildman–Crippen MR) is 94.4 cm³/mol. The molecule has 0 atom stereocenters. The summed E-state index contributed by atoms with van der Waals surface area (Å²) >= 11 is 0. The number of nitrogens with one attached hydrogen (secondary N) is 1. The van der Waals surface area contributed by atoms with Gasteiger partial charge in [-0.25, -0.2) is 0 Å². The summed E-state index contributed by atoms with van der Waals surface area (Å²) in [6, 6.07) is 4.57. The van der Waals surface area contributed by atoms with E-state index in [9.17, 15) is 4.79 Å². The first-order valence-electron chi connectivity index (χ1n) is 8.85. The maximum atomic E-state index is 10.7. The van der Waals surface area contributed by atoms with Gasteiger partial charge in [-0.2, -0.15) is 0 Å². The maximum Gasteiger partial charge on any atom is 0.303 e. The first-order valence-corrected chi connectivity index (χ1v) is 8.85. The van der Waals surface area contributed by atoms with Crippen molar-refractivity contribution in [1.29, 1.82) is 0 Å². The van der Waals surface area contributed by atoms with E-state index < -0.39 is 5.97 Å². The standard InChI is InChI=1S/C19H28N2O2/c1-14-11-16-17(12-15(14)2)21(10-6-3-7-18(22)23)13-19(20-16)8-4-5-9-19/h11-12,20H,3-10,13H2,1-2H3,(H,22,23). The van der Waals surface area contributed by atoms with Crippen LogP contribution in [0, 0.1) is 13.8 Å². The fourth-order valence-corrected chi connectivity index (χ4v) is 4.05. The molecule has 1 spiro atoms. The predicted octanol–water partition coefficient (Wildman–Crippen LogP) is 4.10. The number of benzene rings is 1. The number of carbonyl (C=O) groups is 1. The van der Waals surface area contributed by atoms with Crippen molar-refractivity contribution in [1.82, 2.24) is 0 Å². The molecule has 1 aliphatic carbocycles. The molecular weight excluding hydrogens is 288 g/mol. The lowest BCUT2D eigenvalue weighted by Crippen LogP contribution is -2.51. The van der Waals surface area contributed by atoms with Crippen LogP contribution in [0.5, 0.6) is 0 Å². The molecule has 0 saturated heterocycles. The Kier molecular flexibility index (Phi) is 4.51. The molecule has 23 heavy (non-hydrogen) atoms. The Balaban J connectivity index is 1.79. The number of hydrogen-bond acceptors (Lipinski definition) is 3. The Bertz CT molecular complexity index is 591. The van der Waals surface area contributed by atoms with Gasteiger partial charge in [-0.05, 0) is 62.8 Å². The van der Waals surface area contributed by atoms with Gasteiger partial charge in [0.05, 0.1) is 16.9 Å². The minimum atomic E-state index is -0.690. The number of aliphatic carboxylic acids is 1. The molecular formula is C19H28N2O2. The maximum absolute atomic E-state index is 10.7. The first-order chi connectivity index (χ1) is 11.0. The van der Waals surface area contributed by atoms with Crippen LogP contribution in [0.25, 0.3) is 0 Å². The molecule has 4 nitrogen and oxygen atoms in total. The summed E-state index contributed by atoms with van der Waals surface area (Å²) < 4.78 is 0. The molecule has 1 aliphatic heterocycles.